The van der Waals surface area contributed by atoms with Crippen LogP contribution in [0.1, 0.15) is 30.9 Å². The molecule has 112 valence electrons. The molecular formula is C17H22N2O2. The molecule has 0 saturated carbocycles. The zero-order valence-corrected chi connectivity index (χ0v) is 12.7. The summed E-state index contributed by atoms with van der Waals surface area (Å²) < 4.78 is 0. The van der Waals surface area contributed by atoms with Crippen molar-refractivity contribution in [2.75, 3.05) is 13.1 Å². The summed E-state index contributed by atoms with van der Waals surface area (Å²) in [5.41, 5.74) is 2.49. The maximum atomic E-state index is 12.6. The molecule has 1 aromatic carbocycles. The summed E-state index contributed by atoms with van der Waals surface area (Å²) in [6.45, 7) is 5.30. The van der Waals surface area contributed by atoms with Crippen molar-refractivity contribution < 1.29 is 9.59 Å². The number of nitrogens with zero attached hydrogens (tertiary/aromatic N) is 2. The Hall–Kier alpha value is -1.84. The van der Waals surface area contributed by atoms with Crippen LogP contribution in [0.5, 0.6) is 0 Å². The zero-order chi connectivity index (χ0) is 15.0. The highest BCUT2D eigenvalue weighted by Gasteiger charge is 2.45. The van der Waals surface area contributed by atoms with E-state index in [0.29, 0.717) is 6.54 Å². The quantitative estimate of drug-likeness (QED) is 0.849. The van der Waals surface area contributed by atoms with E-state index in [-0.39, 0.29) is 23.9 Å². The average Bonchev–Trinajstić information content (AvgIpc) is 2.96. The van der Waals surface area contributed by atoms with Gasteiger partial charge in [0.2, 0.25) is 11.8 Å². The lowest BCUT2D eigenvalue weighted by molar-refractivity contribution is -0.158. The molecule has 2 saturated heterocycles. The minimum Gasteiger partial charge on any atom is -0.329 e. The fourth-order valence-electron chi connectivity index (χ4n) is 3.48. The number of hydrogen-bond donors (Lipinski definition) is 0. The molecular weight excluding hydrogens is 264 g/mol. The smallest absolute Gasteiger partial charge is 0.246 e. The summed E-state index contributed by atoms with van der Waals surface area (Å²) in [6.07, 6.45) is 2.57. The van der Waals surface area contributed by atoms with Gasteiger partial charge in [-0.15, -0.1) is 0 Å². The Morgan fingerprint density at radius 1 is 1.19 bits per heavy atom. The highest BCUT2D eigenvalue weighted by molar-refractivity contribution is 5.97. The topological polar surface area (TPSA) is 40.6 Å². The zero-order valence-electron chi connectivity index (χ0n) is 12.7. The van der Waals surface area contributed by atoms with Crippen LogP contribution in [0.3, 0.4) is 0 Å². The summed E-state index contributed by atoms with van der Waals surface area (Å²) in [5, 5.41) is 0. The van der Waals surface area contributed by atoms with E-state index in [1.165, 1.54) is 11.1 Å². The normalized spacial score (nSPS) is 25.4. The van der Waals surface area contributed by atoms with Crippen molar-refractivity contribution in [3.8, 4) is 0 Å². The number of aryl methyl sites for hydroxylation is 1. The number of rotatable bonds is 3. The van der Waals surface area contributed by atoms with Crippen LogP contribution < -0.4 is 0 Å². The number of carbonyl (C=O) groups excluding carboxylic acids is 2. The second kappa shape index (κ2) is 5.51. The van der Waals surface area contributed by atoms with Crippen molar-refractivity contribution in [2.24, 2.45) is 0 Å². The summed E-state index contributed by atoms with van der Waals surface area (Å²) in [5.74, 6) is 0.245. The van der Waals surface area contributed by atoms with Crippen LogP contribution in [0.25, 0.3) is 0 Å². The van der Waals surface area contributed by atoms with Gasteiger partial charge in [0.25, 0.3) is 0 Å². The monoisotopic (exact) mass is 286 g/mol. The van der Waals surface area contributed by atoms with E-state index in [0.717, 1.165) is 25.8 Å². The van der Waals surface area contributed by atoms with Crippen molar-refractivity contribution in [1.29, 1.82) is 0 Å². The molecule has 0 spiro atoms. The van der Waals surface area contributed by atoms with Crippen molar-refractivity contribution in [1.82, 2.24) is 9.80 Å². The van der Waals surface area contributed by atoms with Crippen LogP contribution in [0, 0.1) is 6.92 Å². The van der Waals surface area contributed by atoms with E-state index in [1.54, 1.807) is 9.80 Å². The van der Waals surface area contributed by atoms with Crippen LogP contribution >= 0.6 is 0 Å². The Labute approximate surface area is 125 Å². The molecule has 21 heavy (non-hydrogen) atoms. The van der Waals surface area contributed by atoms with Gasteiger partial charge < -0.3 is 9.80 Å². The van der Waals surface area contributed by atoms with Gasteiger partial charge in [0.1, 0.15) is 12.1 Å². The maximum absolute atomic E-state index is 12.6. The number of hydrogen-bond acceptors (Lipinski definition) is 2. The SMILES string of the molecule is Cc1ccccc1CCN1C(=O)C2CCCN2C(=O)C1C. The Balaban J connectivity index is 1.74. The molecule has 1 aromatic rings. The molecule has 2 heterocycles. The number of fused-ring (bicyclic) bond motifs is 1. The maximum Gasteiger partial charge on any atom is 0.246 e. The van der Waals surface area contributed by atoms with Gasteiger partial charge >= 0.3 is 0 Å². The molecule has 2 atom stereocenters. The molecule has 2 fully saturated rings. The van der Waals surface area contributed by atoms with E-state index in [2.05, 4.69) is 19.1 Å². The largest absolute Gasteiger partial charge is 0.329 e. The van der Waals surface area contributed by atoms with E-state index < -0.39 is 0 Å². The van der Waals surface area contributed by atoms with Crippen molar-refractivity contribution in [3.05, 3.63) is 35.4 Å². The molecule has 4 heteroatoms. The van der Waals surface area contributed by atoms with E-state index >= 15 is 0 Å². The summed E-state index contributed by atoms with van der Waals surface area (Å²) in [4.78, 5) is 28.5. The number of piperazine rings is 1. The van der Waals surface area contributed by atoms with E-state index in [4.69, 9.17) is 0 Å². The first-order valence-corrected chi connectivity index (χ1v) is 7.75. The van der Waals surface area contributed by atoms with Gasteiger partial charge in [0, 0.05) is 13.1 Å². The summed E-state index contributed by atoms with van der Waals surface area (Å²) >= 11 is 0. The first-order chi connectivity index (χ1) is 10.1. The molecule has 0 radical (unpaired) electrons. The van der Waals surface area contributed by atoms with Crippen LogP contribution in [-0.2, 0) is 16.0 Å². The van der Waals surface area contributed by atoms with Gasteiger partial charge in [0.05, 0.1) is 0 Å². The molecule has 3 rings (SSSR count). The molecule has 2 aliphatic rings. The van der Waals surface area contributed by atoms with Gasteiger partial charge in [0.15, 0.2) is 0 Å². The standard InChI is InChI=1S/C17H22N2O2/c1-12-6-3-4-7-14(12)9-11-18-13(2)16(20)19-10-5-8-15(19)17(18)21/h3-4,6-7,13,15H,5,8-11H2,1-2H3. The van der Waals surface area contributed by atoms with Gasteiger partial charge in [-0.1, -0.05) is 24.3 Å². The fraction of sp³-hybridized carbons (Fsp3) is 0.529. The Morgan fingerprint density at radius 3 is 2.71 bits per heavy atom. The Bertz CT molecular complexity index is 570. The molecule has 2 aliphatic heterocycles. The van der Waals surface area contributed by atoms with Crippen LogP contribution in [-0.4, -0.2) is 46.8 Å². The summed E-state index contributed by atoms with van der Waals surface area (Å²) in [6, 6.07) is 7.70. The minimum atomic E-state index is -0.323. The molecule has 0 bridgehead atoms. The second-order valence-corrected chi connectivity index (χ2v) is 6.07. The molecule has 2 unspecified atom stereocenters. The first kappa shape index (κ1) is 14.1. The molecule has 4 nitrogen and oxygen atoms in total. The number of amides is 2. The van der Waals surface area contributed by atoms with Crippen LogP contribution in [0.4, 0.5) is 0 Å². The third-order valence-corrected chi connectivity index (χ3v) is 4.81. The lowest BCUT2D eigenvalue weighted by atomic mass is 10.0. The lowest BCUT2D eigenvalue weighted by Gasteiger charge is -2.41. The predicted molar refractivity (Wildman–Crippen MR) is 80.8 cm³/mol. The Morgan fingerprint density at radius 2 is 1.95 bits per heavy atom. The van der Waals surface area contributed by atoms with Gasteiger partial charge in [-0.25, -0.2) is 0 Å². The highest BCUT2D eigenvalue weighted by Crippen LogP contribution is 2.27. The van der Waals surface area contributed by atoms with Crippen LogP contribution in [0.2, 0.25) is 0 Å². The molecule has 0 aliphatic carbocycles. The summed E-state index contributed by atoms with van der Waals surface area (Å²) in [7, 11) is 0. The number of carbonyl (C=O) groups is 2. The van der Waals surface area contributed by atoms with Gasteiger partial charge in [-0.3, -0.25) is 9.59 Å². The third-order valence-electron chi connectivity index (χ3n) is 4.81. The molecule has 0 aromatic heterocycles. The fourth-order valence-corrected chi connectivity index (χ4v) is 3.48. The third kappa shape index (κ3) is 2.43. The second-order valence-electron chi connectivity index (χ2n) is 6.07. The minimum absolute atomic E-state index is 0.113. The molecule has 0 N–H and O–H groups in total. The highest BCUT2D eigenvalue weighted by atomic mass is 16.2. The van der Waals surface area contributed by atoms with Crippen molar-refractivity contribution in [3.63, 3.8) is 0 Å². The van der Waals surface area contributed by atoms with Crippen molar-refractivity contribution in [2.45, 2.75) is 45.2 Å². The lowest BCUT2D eigenvalue weighted by Crippen LogP contribution is -2.62. The average molecular weight is 286 g/mol. The molecule has 2 amide bonds. The first-order valence-electron chi connectivity index (χ1n) is 7.75. The van der Waals surface area contributed by atoms with Gasteiger partial charge in [-0.2, -0.15) is 0 Å². The van der Waals surface area contributed by atoms with E-state index in [1.807, 2.05) is 19.1 Å². The van der Waals surface area contributed by atoms with E-state index in [9.17, 15) is 9.59 Å². The number of benzene rings is 1. The van der Waals surface area contributed by atoms with Crippen molar-refractivity contribution >= 4 is 11.8 Å². The van der Waals surface area contributed by atoms with Crippen LogP contribution in [0.15, 0.2) is 24.3 Å². The van der Waals surface area contributed by atoms with Gasteiger partial charge in [-0.05, 0) is 44.2 Å². The Kier molecular flexibility index (Phi) is 3.70. The predicted octanol–water partition coefficient (Wildman–Crippen LogP) is 1.76.